The minimum absolute atomic E-state index is 0.0335. The van der Waals surface area contributed by atoms with Crippen molar-refractivity contribution >= 4 is 5.91 Å². The van der Waals surface area contributed by atoms with Crippen molar-refractivity contribution in [3.63, 3.8) is 0 Å². The SMILES string of the molecule is CCC(CC)C(=O)NCC(O)c1ccc(C)cc1. The summed E-state index contributed by atoms with van der Waals surface area (Å²) in [6.07, 6.45) is 1.04. The zero-order valence-corrected chi connectivity index (χ0v) is 11.4. The van der Waals surface area contributed by atoms with Gasteiger partial charge in [0.2, 0.25) is 5.91 Å². The lowest BCUT2D eigenvalue weighted by atomic mass is 10.0. The highest BCUT2D eigenvalue weighted by atomic mass is 16.3. The van der Waals surface area contributed by atoms with Crippen LogP contribution in [-0.4, -0.2) is 17.6 Å². The van der Waals surface area contributed by atoms with E-state index in [1.807, 2.05) is 45.0 Å². The van der Waals surface area contributed by atoms with Gasteiger partial charge >= 0.3 is 0 Å². The minimum Gasteiger partial charge on any atom is -0.387 e. The summed E-state index contributed by atoms with van der Waals surface area (Å²) >= 11 is 0. The maximum absolute atomic E-state index is 11.8. The number of nitrogens with one attached hydrogen (secondary N) is 1. The van der Waals surface area contributed by atoms with E-state index in [2.05, 4.69) is 5.32 Å². The third kappa shape index (κ3) is 4.15. The predicted octanol–water partition coefficient (Wildman–Crippen LogP) is 2.58. The van der Waals surface area contributed by atoms with Gasteiger partial charge in [-0.1, -0.05) is 43.7 Å². The van der Waals surface area contributed by atoms with Gasteiger partial charge in [0.1, 0.15) is 0 Å². The Morgan fingerprint density at radius 2 is 1.78 bits per heavy atom. The van der Waals surface area contributed by atoms with Crippen LogP contribution in [0.1, 0.15) is 43.9 Å². The zero-order valence-electron chi connectivity index (χ0n) is 11.4. The lowest BCUT2D eigenvalue weighted by molar-refractivity contribution is -0.125. The molecule has 18 heavy (non-hydrogen) atoms. The van der Waals surface area contributed by atoms with Gasteiger partial charge in [-0.3, -0.25) is 4.79 Å². The molecule has 0 aliphatic heterocycles. The van der Waals surface area contributed by atoms with Crippen molar-refractivity contribution in [2.24, 2.45) is 5.92 Å². The van der Waals surface area contributed by atoms with Crippen LogP contribution in [0.15, 0.2) is 24.3 Å². The van der Waals surface area contributed by atoms with Crippen LogP contribution in [0, 0.1) is 12.8 Å². The van der Waals surface area contributed by atoms with Crippen LogP contribution in [-0.2, 0) is 4.79 Å². The third-order valence-corrected chi connectivity index (χ3v) is 3.29. The van der Waals surface area contributed by atoms with Gasteiger partial charge in [0.05, 0.1) is 6.10 Å². The number of benzene rings is 1. The van der Waals surface area contributed by atoms with Crippen LogP contribution in [0.25, 0.3) is 0 Å². The standard InChI is InChI=1S/C15H23NO2/c1-4-12(5-2)15(18)16-10-14(17)13-8-6-11(3)7-9-13/h6-9,12,14,17H,4-5,10H2,1-3H3,(H,16,18). The summed E-state index contributed by atoms with van der Waals surface area (Å²) in [7, 11) is 0. The van der Waals surface area contributed by atoms with Gasteiger partial charge in [0, 0.05) is 12.5 Å². The number of hydrogen-bond donors (Lipinski definition) is 2. The van der Waals surface area contributed by atoms with Crippen LogP contribution in [0.3, 0.4) is 0 Å². The zero-order chi connectivity index (χ0) is 13.5. The number of rotatable bonds is 6. The van der Waals surface area contributed by atoms with Crippen molar-refractivity contribution < 1.29 is 9.90 Å². The maximum atomic E-state index is 11.8. The second-order valence-electron chi connectivity index (χ2n) is 4.69. The minimum atomic E-state index is -0.635. The van der Waals surface area contributed by atoms with Gasteiger partial charge in [-0.2, -0.15) is 0 Å². The number of carbonyl (C=O) groups is 1. The molecular weight excluding hydrogens is 226 g/mol. The Labute approximate surface area is 109 Å². The molecule has 0 saturated heterocycles. The molecular formula is C15H23NO2. The molecule has 0 bridgehead atoms. The van der Waals surface area contributed by atoms with E-state index in [9.17, 15) is 9.90 Å². The van der Waals surface area contributed by atoms with Gasteiger partial charge in [0.15, 0.2) is 0 Å². The molecule has 1 unspecified atom stereocenters. The third-order valence-electron chi connectivity index (χ3n) is 3.29. The van der Waals surface area contributed by atoms with E-state index in [0.717, 1.165) is 24.0 Å². The Hall–Kier alpha value is -1.35. The van der Waals surface area contributed by atoms with E-state index >= 15 is 0 Å². The highest BCUT2D eigenvalue weighted by molar-refractivity contribution is 5.78. The van der Waals surface area contributed by atoms with Gasteiger partial charge in [-0.15, -0.1) is 0 Å². The van der Waals surface area contributed by atoms with Crippen molar-refractivity contribution in [2.45, 2.75) is 39.7 Å². The molecule has 0 spiro atoms. The number of amides is 1. The van der Waals surface area contributed by atoms with Crippen molar-refractivity contribution in [1.82, 2.24) is 5.32 Å². The second-order valence-corrected chi connectivity index (χ2v) is 4.69. The van der Waals surface area contributed by atoms with Crippen molar-refractivity contribution in [3.8, 4) is 0 Å². The fourth-order valence-corrected chi connectivity index (χ4v) is 1.91. The Bertz CT molecular complexity index is 369. The van der Waals surface area contributed by atoms with Crippen molar-refractivity contribution in [1.29, 1.82) is 0 Å². The molecule has 1 amide bonds. The molecule has 1 aromatic rings. The topological polar surface area (TPSA) is 49.3 Å². The van der Waals surface area contributed by atoms with E-state index in [4.69, 9.17) is 0 Å². The first-order valence-electron chi connectivity index (χ1n) is 6.60. The molecule has 0 fully saturated rings. The highest BCUT2D eigenvalue weighted by Crippen LogP contribution is 2.13. The number of aliphatic hydroxyl groups excluding tert-OH is 1. The van der Waals surface area contributed by atoms with Gasteiger partial charge in [-0.05, 0) is 25.3 Å². The molecule has 0 heterocycles. The average molecular weight is 249 g/mol. The maximum Gasteiger partial charge on any atom is 0.223 e. The second kappa shape index (κ2) is 7.17. The first-order chi connectivity index (χ1) is 8.58. The summed E-state index contributed by atoms with van der Waals surface area (Å²) in [5.41, 5.74) is 2.00. The Kier molecular flexibility index (Phi) is 5.86. The van der Waals surface area contributed by atoms with Crippen LogP contribution in [0.2, 0.25) is 0 Å². The molecule has 1 aromatic carbocycles. The van der Waals surface area contributed by atoms with Crippen molar-refractivity contribution in [3.05, 3.63) is 35.4 Å². The normalized spacial score (nSPS) is 12.5. The number of aryl methyl sites for hydroxylation is 1. The molecule has 0 radical (unpaired) electrons. The smallest absolute Gasteiger partial charge is 0.223 e. The largest absolute Gasteiger partial charge is 0.387 e. The summed E-state index contributed by atoms with van der Waals surface area (Å²) in [6.45, 7) is 6.29. The molecule has 0 aromatic heterocycles. The fraction of sp³-hybridized carbons (Fsp3) is 0.533. The summed E-state index contributed by atoms with van der Waals surface area (Å²) in [5.74, 6) is 0.0846. The number of carbonyl (C=O) groups excluding carboxylic acids is 1. The van der Waals surface area contributed by atoms with Gasteiger partial charge in [-0.25, -0.2) is 0 Å². The molecule has 2 N–H and O–H groups in total. The summed E-state index contributed by atoms with van der Waals surface area (Å²) < 4.78 is 0. The molecule has 0 saturated carbocycles. The Morgan fingerprint density at radius 1 is 1.22 bits per heavy atom. The van der Waals surface area contributed by atoms with E-state index in [0.29, 0.717) is 0 Å². The predicted molar refractivity (Wildman–Crippen MR) is 73.2 cm³/mol. The molecule has 3 nitrogen and oxygen atoms in total. The Balaban J connectivity index is 2.48. The number of aliphatic hydroxyl groups is 1. The van der Waals surface area contributed by atoms with Crippen LogP contribution >= 0.6 is 0 Å². The van der Waals surface area contributed by atoms with E-state index in [-0.39, 0.29) is 18.4 Å². The quantitative estimate of drug-likeness (QED) is 0.814. The molecule has 1 atom stereocenters. The van der Waals surface area contributed by atoms with Gasteiger partial charge in [0.25, 0.3) is 0 Å². The molecule has 100 valence electrons. The molecule has 0 aliphatic carbocycles. The fourth-order valence-electron chi connectivity index (χ4n) is 1.91. The highest BCUT2D eigenvalue weighted by Gasteiger charge is 2.15. The van der Waals surface area contributed by atoms with Crippen molar-refractivity contribution in [2.75, 3.05) is 6.54 Å². The van der Waals surface area contributed by atoms with Crippen LogP contribution in [0.5, 0.6) is 0 Å². The lowest BCUT2D eigenvalue weighted by Gasteiger charge is -2.16. The number of hydrogen-bond acceptors (Lipinski definition) is 2. The molecule has 0 aliphatic rings. The van der Waals surface area contributed by atoms with Crippen LogP contribution < -0.4 is 5.32 Å². The van der Waals surface area contributed by atoms with E-state index in [1.165, 1.54) is 0 Å². The molecule has 3 heteroatoms. The molecule has 1 rings (SSSR count). The monoisotopic (exact) mass is 249 g/mol. The average Bonchev–Trinajstić information content (AvgIpc) is 2.38. The lowest BCUT2D eigenvalue weighted by Crippen LogP contribution is -2.33. The summed E-state index contributed by atoms with van der Waals surface area (Å²) in [6, 6.07) is 7.70. The van der Waals surface area contributed by atoms with Crippen LogP contribution in [0.4, 0.5) is 0 Å². The summed E-state index contributed by atoms with van der Waals surface area (Å²) in [5, 5.41) is 12.8. The van der Waals surface area contributed by atoms with E-state index < -0.39 is 6.10 Å². The first-order valence-corrected chi connectivity index (χ1v) is 6.60. The summed E-state index contributed by atoms with van der Waals surface area (Å²) in [4.78, 5) is 11.8. The first kappa shape index (κ1) is 14.7. The van der Waals surface area contributed by atoms with Gasteiger partial charge < -0.3 is 10.4 Å². The van der Waals surface area contributed by atoms with E-state index in [1.54, 1.807) is 0 Å². The Morgan fingerprint density at radius 3 is 2.28 bits per heavy atom.